The fourth-order valence-electron chi connectivity index (χ4n) is 1.53. The van der Waals surface area contributed by atoms with Crippen LogP contribution in [-0.4, -0.2) is 54.9 Å². The average molecular weight is 249 g/mol. The van der Waals surface area contributed by atoms with Crippen molar-refractivity contribution in [1.82, 2.24) is 15.0 Å². The summed E-state index contributed by atoms with van der Waals surface area (Å²) in [7, 11) is 1.74. The van der Waals surface area contributed by atoms with E-state index in [0.717, 1.165) is 13.1 Å². The van der Waals surface area contributed by atoms with Gasteiger partial charge < -0.3 is 19.7 Å². The van der Waals surface area contributed by atoms with Crippen molar-refractivity contribution in [3.8, 4) is 18.4 Å². The van der Waals surface area contributed by atoms with E-state index in [1.807, 2.05) is 4.90 Å². The normalized spacial score (nSPS) is 15.0. The number of rotatable bonds is 4. The predicted octanol–water partition coefficient (Wildman–Crippen LogP) is -0.238. The Morgan fingerprint density at radius 2 is 2.17 bits per heavy atom. The standard InChI is InChI=1S/C11H15N5O2/c1-3-6-18-11-14-9(12-2)13-10(15-11)16-4-7-17-8-5-16/h1H,4-8H2,2H3,(H,12,13,14,15). The van der Waals surface area contributed by atoms with Crippen molar-refractivity contribution in [1.29, 1.82) is 0 Å². The van der Waals surface area contributed by atoms with Gasteiger partial charge in [-0.15, -0.1) is 6.42 Å². The second-order valence-corrected chi connectivity index (χ2v) is 3.58. The molecule has 1 aromatic heterocycles. The van der Waals surface area contributed by atoms with Gasteiger partial charge in [-0.05, 0) is 0 Å². The minimum absolute atomic E-state index is 0.135. The summed E-state index contributed by atoms with van der Waals surface area (Å²) >= 11 is 0. The van der Waals surface area contributed by atoms with Crippen LogP contribution in [0.5, 0.6) is 6.01 Å². The highest BCUT2D eigenvalue weighted by molar-refractivity contribution is 5.38. The Morgan fingerprint density at radius 1 is 1.39 bits per heavy atom. The molecule has 0 atom stereocenters. The van der Waals surface area contributed by atoms with Crippen LogP contribution in [-0.2, 0) is 4.74 Å². The predicted molar refractivity (Wildman–Crippen MR) is 66.7 cm³/mol. The fraction of sp³-hybridized carbons (Fsp3) is 0.545. The van der Waals surface area contributed by atoms with E-state index in [4.69, 9.17) is 15.9 Å². The Kier molecular flexibility index (Phi) is 4.15. The molecule has 0 radical (unpaired) electrons. The van der Waals surface area contributed by atoms with E-state index in [1.165, 1.54) is 0 Å². The Balaban J connectivity index is 2.19. The molecule has 7 nitrogen and oxygen atoms in total. The van der Waals surface area contributed by atoms with E-state index in [2.05, 4.69) is 26.2 Å². The molecule has 0 unspecified atom stereocenters. The van der Waals surface area contributed by atoms with Crippen LogP contribution >= 0.6 is 0 Å². The Bertz CT molecular complexity index is 440. The van der Waals surface area contributed by atoms with E-state index in [-0.39, 0.29) is 12.6 Å². The molecule has 1 aromatic rings. The average Bonchev–Trinajstić information content (AvgIpc) is 2.45. The Hall–Kier alpha value is -2.07. The lowest BCUT2D eigenvalue weighted by Crippen LogP contribution is -2.37. The highest BCUT2D eigenvalue weighted by Gasteiger charge is 2.16. The monoisotopic (exact) mass is 249 g/mol. The summed E-state index contributed by atoms with van der Waals surface area (Å²) in [4.78, 5) is 14.6. The van der Waals surface area contributed by atoms with Crippen LogP contribution in [0.4, 0.5) is 11.9 Å². The van der Waals surface area contributed by atoms with Gasteiger partial charge in [0.05, 0.1) is 13.2 Å². The lowest BCUT2D eigenvalue weighted by atomic mass is 10.4. The van der Waals surface area contributed by atoms with Crippen LogP contribution in [0.25, 0.3) is 0 Å². The Morgan fingerprint density at radius 3 is 2.83 bits per heavy atom. The van der Waals surface area contributed by atoms with Gasteiger partial charge in [0.25, 0.3) is 0 Å². The van der Waals surface area contributed by atoms with Gasteiger partial charge in [0, 0.05) is 20.1 Å². The lowest BCUT2D eigenvalue weighted by molar-refractivity contribution is 0.122. The third-order valence-electron chi connectivity index (χ3n) is 2.41. The summed E-state index contributed by atoms with van der Waals surface area (Å²) in [5.41, 5.74) is 0. The maximum Gasteiger partial charge on any atom is 0.324 e. The molecule has 0 aromatic carbocycles. The third-order valence-corrected chi connectivity index (χ3v) is 2.41. The quantitative estimate of drug-likeness (QED) is 0.738. The number of nitrogens with zero attached hydrogens (tertiary/aromatic N) is 4. The number of hydrogen-bond donors (Lipinski definition) is 1. The maximum absolute atomic E-state index is 5.29. The minimum atomic E-state index is 0.135. The zero-order valence-electron chi connectivity index (χ0n) is 10.2. The number of nitrogens with one attached hydrogen (secondary N) is 1. The van der Waals surface area contributed by atoms with Crippen LogP contribution in [0.1, 0.15) is 0 Å². The molecular weight excluding hydrogens is 234 g/mol. The number of terminal acetylenes is 1. The van der Waals surface area contributed by atoms with Crippen molar-refractivity contribution >= 4 is 11.9 Å². The zero-order valence-corrected chi connectivity index (χ0v) is 10.2. The first-order chi connectivity index (χ1) is 8.83. The third kappa shape index (κ3) is 2.99. The van der Waals surface area contributed by atoms with Gasteiger partial charge in [0.1, 0.15) is 0 Å². The summed E-state index contributed by atoms with van der Waals surface area (Å²) in [5, 5.41) is 2.87. The molecule has 1 saturated heterocycles. The summed E-state index contributed by atoms with van der Waals surface area (Å²) < 4.78 is 10.5. The molecule has 7 heteroatoms. The smallest absolute Gasteiger partial charge is 0.324 e. The first-order valence-corrected chi connectivity index (χ1v) is 5.66. The molecule has 1 aliphatic rings. The molecule has 0 aliphatic carbocycles. The molecule has 2 rings (SSSR count). The molecule has 1 fully saturated rings. The second-order valence-electron chi connectivity index (χ2n) is 3.58. The molecule has 18 heavy (non-hydrogen) atoms. The van der Waals surface area contributed by atoms with Gasteiger partial charge in [-0.1, -0.05) is 5.92 Å². The van der Waals surface area contributed by atoms with E-state index >= 15 is 0 Å². The highest BCUT2D eigenvalue weighted by Crippen LogP contribution is 2.15. The minimum Gasteiger partial charge on any atom is -0.450 e. The van der Waals surface area contributed by atoms with Crippen molar-refractivity contribution < 1.29 is 9.47 Å². The molecule has 96 valence electrons. The number of morpholine rings is 1. The molecule has 1 aliphatic heterocycles. The van der Waals surface area contributed by atoms with E-state index < -0.39 is 0 Å². The van der Waals surface area contributed by atoms with Gasteiger partial charge >= 0.3 is 6.01 Å². The van der Waals surface area contributed by atoms with Gasteiger partial charge in [0.15, 0.2) is 6.61 Å². The zero-order chi connectivity index (χ0) is 12.8. The lowest BCUT2D eigenvalue weighted by Gasteiger charge is -2.26. The van der Waals surface area contributed by atoms with E-state index in [9.17, 15) is 0 Å². The van der Waals surface area contributed by atoms with Crippen molar-refractivity contribution in [2.24, 2.45) is 0 Å². The fourth-order valence-corrected chi connectivity index (χ4v) is 1.53. The summed E-state index contributed by atoms with van der Waals surface area (Å²) in [6.45, 7) is 2.97. The molecule has 0 amide bonds. The first-order valence-electron chi connectivity index (χ1n) is 5.66. The maximum atomic E-state index is 5.29. The van der Waals surface area contributed by atoms with Crippen LogP contribution in [0.3, 0.4) is 0 Å². The number of aromatic nitrogens is 3. The van der Waals surface area contributed by atoms with Crippen molar-refractivity contribution in [3.63, 3.8) is 0 Å². The second kappa shape index (κ2) is 6.02. The topological polar surface area (TPSA) is 72.4 Å². The summed E-state index contributed by atoms with van der Waals surface area (Å²) in [6, 6.07) is 0.230. The Labute approximate surface area is 106 Å². The number of hydrogen-bond acceptors (Lipinski definition) is 7. The van der Waals surface area contributed by atoms with Gasteiger partial charge in [-0.3, -0.25) is 0 Å². The largest absolute Gasteiger partial charge is 0.450 e. The molecule has 2 heterocycles. The number of ether oxygens (including phenoxy) is 2. The first kappa shape index (κ1) is 12.4. The number of anilines is 2. The van der Waals surface area contributed by atoms with Crippen molar-refractivity contribution in [3.05, 3.63) is 0 Å². The van der Waals surface area contributed by atoms with Crippen LogP contribution < -0.4 is 15.0 Å². The van der Waals surface area contributed by atoms with Gasteiger partial charge in [-0.2, -0.15) is 15.0 Å². The highest BCUT2D eigenvalue weighted by atomic mass is 16.5. The molecule has 1 N–H and O–H groups in total. The summed E-state index contributed by atoms with van der Waals surface area (Å²) in [6.07, 6.45) is 5.14. The molecule has 0 spiro atoms. The SMILES string of the molecule is C#CCOc1nc(NC)nc(N2CCOCC2)n1. The van der Waals surface area contributed by atoms with Crippen LogP contribution in [0.2, 0.25) is 0 Å². The van der Waals surface area contributed by atoms with Crippen LogP contribution in [0, 0.1) is 12.3 Å². The molecule has 0 bridgehead atoms. The van der Waals surface area contributed by atoms with Crippen molar-refractivity contribution in [2.45, 2.75) is 0 Å². The van der Waals surface area contributed by atoms with Gasteiger partial charge in [0.2, 0.25) is 11.9 Å². The van der Waals surface area contributed by atoms with Gasteiger partial charge in [-0.25, -0.2) is 0 Å². The van der Waals surface area contributed by atoms with Crippen LogP contribution in [0.15, 0.2) is 0 Å². The summed E-state index contributed by atoms with van der Waals surface area (Å²) in [5.74, 6) is 3.41. The van der Waals surface area contributed by atoms with E-state index in [1.54, 1.807) is 7.05 Å². The van der Waals surface area contributed by atoms with E-state index in [0.29, 0.717) is 25.1 Å². The van der Waals surface area contributed by atoms with Crippen molar-refractivity contribution in [2.75, 3.05) is 50.2 Å². The molecular formula is C11H15N5O2. The molecule has 0 saturated carbocycles.